The fraction of sp³-hybridized carbons (Fsp3) is 0.250. The zero-order chi connectivity index (χ0) is 13.0. The summed E-state index contributed by atoms with van der Waals surface area (Å²) in [6.45, 7) is 2.01. The fourth-order valence-corrected chi connectivity index (χ4v) is 2.21. The van der Waals surface area contributed by atoms with Gasteiger partial charge in [0.15, 0.2) is 5.82 Å². The van der Waals surface area contributed by atoms with E-state index in [1.54, 1.807) is 10.9 Å². The van der Waals surface area contributed by atoms with Gasteiger partial charge in [-0.3, -0.25) is 4.79 Å². The quantitative estimate of drug-likeness (QED) is 0.836. The van der Waals surface area contributed by atoms with Crippen molar-refractivity contribution < 1.29 is 9.90 Å². The molecule has 0 saturated heterocycles. The largest absolute Gasteiger partial charge is 0.481 e. The normalized spacial score (nSPS) is 10.5. The van der Waals surface area contributed by atoms with E-state index in [4.69, 9.17) is 5.11 Å². The molecule has 5 nitrogen and oxygen atoms in total. The molecule has 0 unspecified atom stereocenters. The van der Waals surface area contributed by atoms with Crippen molar-refractivity contribution in [2.45, 2.75) is 18.4 Å². The SMILES string of the molecule is CCc1cc(SCC(=O)O)n(-c2ccccn2)n1. The second-order valence-corrected chi connectivity index (χ2v) is 4.61. The van der Waals surface area contributed by atoms with Crippen molar-refractivity contribution in [2.75, 3.05) is 5.75 Å². The van der Waals surface area contributed by atoms with Crippen molar-refractivity contribution in [3.8, 4) is 5.82 Å². The van der Waals surface area contributed by atoms with Gasteiger partial charge < -0.3 is 5.11 Å². The Kier molecular flexibility index (Phi) is 3.99. The summed E-state index contributed by atoms with van der Waals surface area (Å²) in [5, 5.41) is 14.0. The summed E-state index contributed by atoms with van der Waals surface area (Å²) in [5.74, 6) is -0.126. The molecule has 18 heavy (non-hydrogen) atoms. The van der Waals surface area contributed by atoms with E-state index >= 15 is 0 Å². The Morgan fingerprint density at radius 2 is 2.33 bits per heavy atom. The number of aromatic nitrogens is 3. The molecule has 2 heterocycles. The number of carbonyl (C=O) groups is 1. The van der Waals surface area contributed by atoms with E-state index < -0.39 is 5.97 Å². The first-order chi connectivity index (χ1) is 8.70. The van der Waals surface area contributed by atoms with Gasteiger partial charge in [-0.15, -0.1) is 0 Å². The van der Waals surface area contributed by atoms with Gasteiger partial charge in [0.25, 0.3) is 0 Å². The van der Waals surface area contributed by atoms with E-state index in [-0.39, 0.29) is 5.75 Å². The topological polar surface area (TPSA) is 68.0 Å². The minimum Gasteiger partial charge on any atom is -0.481 e. The monoisotopic (exact) mass is 263 g/mol. The van der Waals surface area contributed by atoms with Gasteiger partial charge in [0.1, 0.15) is 5.03 Å². The minimum atomic E-state index is -0.841. The lowest BCUT2D eigenvalue weighted by atomic mass is 10.3. The summed E-state index contributed by atoms with van der Waals surface area (Å²) in [6.07, 6.45) is 2.49. The van der Waals surface area contributed by atoms with Gasteiger partial charge >= 0.3 is 5.97 Å². The minimum absolute atomic E-state index is 0.0156. The van der Waals surface area contributed by atoms with Gasteiger partial charge in [-0.2, -0.15) is 5.10 Å². The highest BCUT2D eigenvalue weighted by Crippen LogP contribution is 2.22. The van der Waals surface area contributed by atoms with Gasteiger partial charge in [0.05, 0.1) is 11.4 Å². The number of aryl methyl sites for hydroxylation is 1. The molecule has 0 aliphatic carbocycles. The van der Waals surface area contributed by atoms with Gasteiger partial charge in [-0.1, -0.05) is 24.8 Å². The maximum absolute atomic E-state index is 10.6. The Hall–Kier alpha value is -1.82. The number of carboxylic acid groups (broad SMARTS) is 1. The first kappa shape index (κ1) is 12.6. The molecule has 0 aliphatic rings. The average Bonchev–Trinajstić information content (AvgIpc) is 2.80. The second-order valence-electron chi connectivity index (χ2n) is 3.61. The number of rotatable bonds is 5. The van der Waals surface area contributed by atoms with Gasteiger partial charge in [-0.25, -0.2) is 9.67 Å². The third-order valence-electron chi connectivity index (χ3n) is 2.30. The third-order valence-corrected chi connectivity index (χ3v) is 3.28. The number of thioether (sulfide) groups is 1. The van der Waals surface area contributed by atoms with Crippen LogP contribution in [0.3, 0.4) is 0 Å². The Morgan fingerprint density at radius 3 is 2.94 bits per heavy atom. The summed E-state index contributed by atoms with van der Waals surface area (Å²) < 4.78 is 1.69. The highest BCUT2D eigenvalue weighted by atomic mass is 32.2. The molecule has 0 aromatic carbocycles. The third kappa shape index (κ3) is 2.89. The Balaban J connectivity index is 2.33. The second kappa shape index (κ2) is 5.68. The molecular formula is C12H13N3O2S. The first-order valence-corrected chi connectivity index (χ1v) is 6.54. The molecule has 0 aliphatic heterocycles. The van der Waals surface area contributed by atoms with Gasteiger partial charge in [0.2, 0.25) is 0 Å². The van der Waals surface area contributed by atoms with Crippen molar-refractivity contribution >= 4 is 17.7 Å². The van der Waals surface area contributed by atoms with Gasteiger partial charge in [0, 0.05) is 6.20 Å². The van der Waals surface area contributed by atoms with Crippen molar-refractivity contribution in [1.82, 2.24) is 14.8 Å². The summed E-state index contributed by atoms with van der Waals surface area (Å²) in [4.78, 5) is 14.9. The van der Waals surface area contributed by atoms with Crippen molar-refractivity contribution in [3.63, 3.8) is 0 Å². The molecule has 0 fully saturated rings. The van der Waals surface area contributed by atoms with Crippen LogP contribution in [0, 0.1) is 0 Å². The molecule has 2 aromatic heterocycles. The number of pyridine rings is 1. The van der Waals surface area contributed by atoms with Crippen molar-refractivity contribution in [3.05, 3.63) is 36.2 Å². The Bertz CT molecular complexity index is 540. The standard InChI is InChI=1S/C12H13N3O2S/c1-2-9-7-11(18-8-12(16)17)15(14-9)10-5-3-4-6-13-10/h3-7H,2,8H2,1H3,(H,16,17). The maximum atomic E-state index is 10.6. The van der Waals surface area contributed by atoms with E-state index in [1.807, 2.05) is 31.2 Å². The van der Waals surface area contributed by atoms with E-state index in [0.29, 0.717) is 5.82 Å². The van der Waals surface area contributed by atoms with Crippen LogP contribution in [-0.2, 0) is 11.2 Å². The highest BCUT2D eigenvalue weighted by molar-refractivity contribution is 7.99. The van der Waals surface area contributed by atoms with Crippen LogP contribution in [0.2, 0.25) is 0 Å². The Labute approximate surface area is 109 Å². The van der Waals surface area contributed by atoms with E-state index in [2.05, 4.69) is 10.1 Å². The molecule has 0 saturated carbocycles. The fourth-order valence-electron chi connectivity index (χ4n) is 1.46. The van der Waals surface area contributed by atoms with E-state index in [1.165, 1.54) is 11.8 Å². The van der Waals surface area contributed by atoms with Crippen molar-refractivity contribution in [2.24, 2.45) is 0 Å². The number of hydrogen-bond acceptors (Lipinski definition) is 4. The van der Waals surface area contributed by atoms with Crippen LogP contribution < -0.4 is 0 Å². The summed E-state index contributed by atoms with van der Waals surface area (Å²) in [7, 11) is 0. The predicted molar refractivity (Wildman–Crippen MR) is 69.1 cm³/mol. The highest BCUT2D eigenvalue weighted by Gasteiger charge is 2.11. The number of nitrogens with zero attached hydrogens (tertiary/aromatic N) is 3. The van der Waals surface area contributed by atoms with Crippen LogP contribution in [0.15, 0.2) is 35.5 Å². The molecule has 0 radical (unpaired) electrons. The molecule has 6 heteroatoms. The number of hydrogen-bond donors (Lipinski definition) is 1. The van der Waals surface area contributed by atoms with E-state index in [9.17, 15) is 4.79 Å². The summed E-state index contributed by atoms with van der Waals surface area (Å²) >= 11 is 1.25. The molecule has 2 aromatic rings. The predicted octanol–water partition coefficient (Wildman–Crippen LogP) is 2.01. The lowest BCUT2D eigenvalue weighted by molar-refractivity contribution is -0.133. The molecule has 1 N–H and O–H groups in total. The van der Waals surface area contributed by atoms with Crippen LogP contribution in [0.5, 0.6) is 0 Å². The maximum Gasteiger partial charge on any atom is 0.313 e. The smallest absolute Gasteiger partial charge is 0.313 e. The summed E-state index contributed by atoms with van der Waals surface area (Å²) in [5.41, 5.74) is 0.925. The molecular weight excluding hydrogens is 250 g/mol. The number of carboxylic acids is 1. The lowest BCUT2D eigenvalue weighted by Crippen LogP contribution is -2.03. The number of aliphatic carboxylic acids is 1. The lowest BCUT2D eigenvalue weighted by Gasteiger charge is -2.04. The molecule has 0 spiro atoms. The van der Waals surface area contributed by atoms with Crippen LogP contribution in [0.4, 0.5) is 0 Å². The molecule has 94 valence electrons. The van der Waals surface area contributed by atoms with Crippen LogP contribution in [0.1, 0.15) is 12.6 Å². The zero-order valence-electron chi connectivity index (χ0n) is 9.91. The summed E-state index contributed by atoms with van der Waals surface area (Å²) in [6, 6.07) is 7.46. The molecule has 2 rings (SSSR count). The Morgan fingerprint density at radius 1 is 1.50 bits per heavy atom. The molecule has 0 amide bonds. The molecule has 0 bridgehead atoms. The first-order valence-electron chi connectivity index (χ1n) is 5.55. The van der Waals surface area contributed by atoms with Crippen LogP contribution in [-0.4, -0.2) is 31.6 Å². The van der Waals surface area contributed by atoms with Crippen molar-refractivity contribution in [1.29, 1.82) is 0 Å². The van der Waals surface area contributed by atoms with Crippen LogP contribution >= 0.6 is 11.8 Å². The van der Waals surface area contributed by atoms with Gasteiger partial charge in [-0.05, 0) is 24.6 Å². The average molecular weight is 263 g/mol. The van der Waals surface area contributed by atoms with E-state index in [0.717, 1.165) is 17.1 Å². The zero-order valence-corrected chi connectivity index (χ0v) is 10.7. The van der Waals surface area contributed by atoms with Crippen LogP contribution in [0.25, 0.3) is 5.82 Å². The molecule has 0 atom stereocenters.